The van der Waals surface area contributed by atoms with Crippen LogP contribution in [0, 0.1) is 76.7 Å². The Morgan fingerprint density at radius 1 is 0.262 bits per heavy atom. The first-order valence-corrected chi connectivity index (χ1v) is 48.4. The largest absolute Gasteiger partial charge is 0.382 e. The van der Waals surface area contributed by atoms with Gasteiger partial charge in [-0.25, -0.2) is 13.2 Å². The van der Waals surface area contributed by atoms with E-state index in [0.717, 1.165) is 107 Å². The molecule has 0 unspecified atom stereocenters. The molecule has 0 aromatic heterocycles. The molecule has 6 saturated heterocycles. The molecule has 3 saturated carbocycles. The van der Waals surface area contributed by atoms with E-state index >= 15 is 13.2 Å². The Labute approximate surface area is 766 Å². The van der Waals surface area contributed by atoms with E-state index in [2.05, 4.69) is 140 Å². The van der Waals surface area contributed by atoms with Crippen LogP contribution in [0.4, 0.5) is 64.4 Å². The van der Waals surface area contributed by atoms with Crippen molar-refractivity contribution in [3.8, 4) is 0 Å². The molecule has 9 aromatic rings. The predicted molar refractivity (Wildman–Crippen MR) is 518 cm³/mol. The molecule has 9 aromatic carbocycles. The molecule has 18 rings (SSSR count). The number of nitrogens with zero attached hydrogens (tertiary/aromatic N) is 6. The number of carbonyl (C=O) groups is 6. The number of halogens is 3. The highest BCUT2D eigenvalue weighted by Crippen LogP contribution is 2.45. The summed E-state index contributed by atoms with van der Waals surface area (Å²) in [6, 6.07) is 56.9. The minimum atomic E-state index is -0.527. The molecule has 6 N–H and O–H groups in total. The summed E-state index contributed by atoms with van der Waals surface area (Å²) in [5.41, 5.74) is 17.2. The lowest BCUT2D eigenvalue weighted by Gasteiger charge is -2.41. The third-order valence-corrected chi connectivity index (χ3v) is 28.9. The molecular formula is C109H131F3N12O6. The summed E-state index contributed by atoms with van der Waals surface area (Å²) in [5.74, 6) is -4.44. The Morgan fingerprint density at radius 2 is 0.508 bits per heavy atom. The van der Waals surface area contributed by atoms with E-state index in [4.69, 9.17) is 0 Å². The molecule has 684 valence electrons. The van der Waals surface area contributed by atoms with Crippen molar-refractivity contribution in [3.05, 3.63) is 266 Å². The maximum absolute atomic E-state index is 15.1. The molecule has 6 atom stereocenters. The molecule has 9 aliphatic rings. The summed E-state index contributed by atoms with van der Waals surface area (Å²) in [6.07, 6.45) is 26.9. The van der Waals surface area contributed by atoms with Gasteiger partial charge in [-0.15, -0.1) is 0 Å². The molecule has 130 heavy (non-hydrogen) atoms. The number of benzene rings is 9. The van der Waals surface area contributed by atoms with Crippen molar-refractivity contribution in [2.24, 2.45) is 17.8 Å². The van der Waals surface area contributed by atoms with Crippen molar-refractivity contribution in [1.82, 2.24) is 14.7 Å². The first kappa shape index (κ1) is 91.7. The van der Waals surface area contributed by atoms with Crippen molar-refractivity contribution >= 4 is 86.6 Å². The second kappa shape index (κ2) is 42.5. The van der Waals surface area contributed by atoms with Gasteiger partial charge in [0, 0.05) is 128 Å². The van der Waals surface area contributed by atoms with Crippen LogP contribution < -0.4 is 46.6 Å². The summed E-state index contributed by atoms with van der Waals surface area (Å²) in [4.78, 5) is 96.6. The Balaban J connectivity index is 0.000000143. The van der Waals surface area contributed by atoms with Gasteiger partial charge in [-0.2, -0.15) is 0 Å². The van der Waals surface area contributed by atoms with E-state index in [9.17, 15) is 28.8 Å². The molecule has 6 amide bonds. The highest BCUT2D eigenvalue weighted by molar-refractivity contribution is 6.01. The van der Waals surface area contributed by atoms with Crippen LogP contribution >= 0.6 is 0 Å². The molecule has 6 aliphatic heterocycles. The van der Waals surface area contributed by atoms with Gasteiger partial charge in [0.15, 0.2) is 0 Å². The Bertz CT molecular complexity index is 5180. The number of rotatable bonds is 21. The van der Waals surface area contributed by atoms with Crippen LogP contribution in [0.5, 0.6) is 0 Å². The lowest BCUT2D eigenvalue weighted by Crippen LogP contribution is -2.46. The van der Waals surface area contributed by atoms with Gasteiger partial charge in [0.2, 0.25) is 17.7 Å². The van der Waals surface area contributed by atoms with Gasteiger partial charge in [0.25, 0.3) is 17.7 Å². The van der Waals surface area contributed by atoms with Crippen LogP contribution in [0.1, 0.15) is 260 Å². The summed E-state index contributed by atoms with van der Waals surface area (Å²) in [6.45, 7) is 19.2. The maximum Gasteiger partial charge on any atom is 0.257 e. The second-order valence-corrected chi connectivity index (χ2v) is 38.0. The van der Waals surface area contributed by atoms with E-state index in [0.29, 0.717) is 93.0 Å². The topological polar surface area (TPSA) is 194 Å². The zero-order valence-corrected chi connectivity index (χ0v) is 76.8. The SMILES string of the molecule is Cc1ccc(NC(=O)[C@H]2CCCN(C(=O)c3c(C)cccc3F)[C@H]2c2ccc(NC3CCCC3)cc2)cc1N1CCCC1.Cc1ccc(NC(=O)[C@H]2CCCN(C(=O)c3c(C)cccc3F)[C@H]2c2ccc(NC3CCCC3)cc2)cc1N1CCCC1.Cc1ccc(NC(=O)[C@H]2CCCN(C(=O)c3c(C)cccc3F)[C@H]2c2ccc(NC3CCCCC3)cc2)cc1N1CCCC1. The highest BCUT2D eigenvalue weighted by atomic mass is 19.1. The lowest BCUT2D eigenvalue weighted by atomic mass is 9.83. The van der Waals surface area contributed by atoms with Crippen molar-refractivity contribution in [2.45, 2.75) is 238 Å². The summed E-state index contributed by atoms with van der Waals surface area (Å²) in [5, 5.41) is 20.5. The Hall–Kier alpha value is -11.6. The van der Waals surface area contributed by atoms with Crippen molar-refractivity contribution < 1.29 is 41.9 Å². The molecule has 0 radical (unpaired) electrons. The number of anilines is 9. The molecule has 21 heteroatoms. The molecule has 3 aliphatic carbocycles. The molecule has 0 bridgehead atoms. The minimum Gasteiger partial charge on any atom is -0.382 e. The smallest absolute Gasteiger partial charge is 0.257 e. The number of carbonyl (C=O) groups excluding carboxylic acids is 6. The number of hydrogen-bond donors (Lipinski definition) is 6. The van der Waals surface area contributed by atoms with E-state index in [1.165, 1.54) is 157 Å². The van der Waals surface area contributed by atoms with Crippen molar-refractivity contribution in [1.29, 1.82) is 0 Å². The fourth-order valence-electron chi connectivity index (χ4n) is 22.0. The number of nitrogens with one attached hydrogen (secondary N) is 6. The Kier molecular flexibility index (Phi) is 30.0. The second-order valence-electron chi connectivity index (χ2n) is 38.0. The fraction of sp³-hybridized carbons (Fsp3) is 0.450. The zero-order valence-electron chi connectivity index (χ0n) is 76.8. The predicted octanol–water partition coefficient (Wildman–Crippen LogP) is 23.3. The first-order valence-electron chi connectivity index (χ1n) is 48.4. The molecule has 18 nitrogen and oxygen atoms in total. The third-order valence-electron chi connectivity index (χ3n) is 28.9. The fourth-order valence-corrected chi connectivity index (χ4v) is 22.0. The normalized spacial score (nSPS) is 20.8. The van der Waals surface area contributed by atoms with E-state index in [1.807, 2.05) is 54.6 Å². The van der Waals surface area contributed by atoms with Gasteiger partial charge in [0.1, 0.15) is 17.5 Å². The summed E-state index contributed by atoms with van der Waals surface area (Å²) < 4.78 is 45.1. The number of likely N-dealkylation sites (tertiary alicyclic amines) is 3. The van der Waals surface area contributed by atoms with E-state index < -0.39 is 53.3 Å². The van der Waals surface area contributed by atoms with Crippen LogP contribution in [0.15, 0.2) is 182 Å². The third kappa shape index (κ3) is 21.5. The maximum atomic E-state index is 15.1. The Morgan fingerprint density at radius 3 is 0.762 bits per heavy atom. The number of piperidine rings is 3. The van der Waals surface area contributed by atoms with Gasteiger partial charge in [-0.1, -0.05) is 136 Å². The summed E-state index contributed by atoms with van der Waals surface area (Å²) >= 11 is 0. The van der Waals surface area contributed by atoms with Gasteiger partial charge in [-0.05, 0) is 298 Å². The van der Waals surface area contributed by atoms with Gasteiger partial charge in [-0.3, -0.25) is 28.8 Å². The average Bonchev–Trinajstić information content (AvgIpc) is 0.945. The van der Waals surface area contributed by atoms with Gasteiger partial charge >= 0.3 is 0 Å². The minimum absolute atomic E-state index is 0.0851. The highest BCUT2D eigenvalue weighted by Gasteiger charge is 2.45. The van der Waals surface area contributed by atoms with Crippen molar-refractivity contribution in [2.75, 3.05) is 106 Å². The van der Waals surface area contributed by atoms with Crippen LogP contribution in [0.25, 0.3) is 0 Å². The zero-order chi connectivity index (χ0) is 90.5. The van der Waals surface area contributed by atoms with E-state index in [-0.39, 0.29) is 52.1 Å². The molecule has 6 heterocycles. The van der Waals surface area contributed by atoms with Gasteiger partial charge in [0.05, 0.1) is 52.6 Å². The average molecular weight is 1760 g/mol. The molecule has 9 fully saturated rings. The van der Waals surface area contributed by atoms with Gasteiger partial charge < -0.3 is 61.3 Å². The lowest BCUT2D eigenvalue weighted by molar-refractivity contribution is -0.124. The number of amides is 6. The van der Waals surface area contributed by atoms with Crippen LogP contribution in [0.3, 0.4) is 0 Å². The molecule has 0 spiro atoms. The van der Waals surface area contributed by atoms with Crippen LogP contribution in [0.2, 0.25) is 0 Å². The van der Waals surface area contributed by atoms with Crippen molar-refractivity contribution in [3.63, 3.8) is 0 Å². The molecular weight excluding hydrogens is 1630 g/mol. The monoisotopic (exact) mass is 1760 g/mol. The number of hydrogen-bond acceptors (Lipinski definition) is 12. The summed E-state index contributed by atoms with van der Waals surface area (Å²) in [7, 11) is 0. The number of aryl methyl sites for hydroxylation is 6. The van der Waals surface area contributed by atoms with Crippen LogP contribution in [-0.4, -0.2) is 127 Å². The van der Waals surface area contributed by atoms with E-state index in [1.54, 1.807) is 71.9 Å². The standard InChI is InChI=1S/C37H45FN4O2.2C36H43FN4O2/c1-25-15-18-30(24-33(25)41-21-6-7-22-41)40-36(43)31-13-9-23-42(37(44)34-26(2)10-8-14-32(34)38)35(31)27-16-19-29(20-17-27)39-28-11-4-3-5-12-28;2*1-24-14-17-29(23-32(24)40-20-5-6-21-40)39-35(42)30-12-8-22-41(36(43)33-25(2)9-7-13-31(33)37)34(30)26-15-18-28(19-16-26)38-27-10-3-4-11-27/h8,10,14-20,24,28,31,35,39H,3-7,9,11-13,21-23H2,1-2H3,(H,40,43);2*7,9,13-19,23,27,30,34,38H,3-6,8,10-12,20-22H2,1-2H3,(H,39,42)/t31-,35-;2*30-,34-/m000/s1. The van der Waals surface area contributed by atoms with Crippen LogP contribution in [-0.2, 0) is 14.4 Å². The first-order chi connectivity index (χ1) is 63.2. The quantitative estimate of drug-likeness (QED) is 0.0399.